The van der Waals surface area contributed by atoms with Crippen LogP contribution in [0.5, 0.6) is 0 Å². The summed E-state index contributed by atoms with van der Waals surface area (Å²) in [4.78, 5) is 0. The molecule has 1 unspecified atom stereocenters. The smallest absolute Gasteiger partial charge is 0.0323 e. The molecule has 0 spiro atoms. The van der Waals surface area contributed by atoms with Crippen molar-refractivity contribution in [1.29, 1.82) is 0 Å². The predicted octanol–water partition coefficient (Wildman–Crippen LogP) is 4.53. The third-order valence-electron chi connectivity index (χ3n) is 4.22. The van der Waals surface area contributed by atoms with Crippen LogP contribution in [0.3, 0.4) is 0 Å². The first-order valence-corrected chi connectivity index (χ1v) is 7.52. The van der Waals surface area contributed by atoms with E-state index >= 15 is 0 Å². The predicted molar refractivity (Wildman–Crippen MR) is 78.9 cm³/mol. The molecular formula is C17H27N. The van der Waals surface area contributed by atoms with Gasteiger partial charge in [-0.2, -0.15) is 0 Å². The molecule has 0 radical (unpaired) electrons. The van der Waals surface area contributed by atoms with E-state index in [4.69, 9.17) is 0 Å². The molecule has 18 heavy (non-hydrogen) atoms. The van der Waals surface area contributed by atoms with Crippen molar-refractivity contribution in [3.63, 3.8) is 0 Å². The molecule has 1 atom stereocenters. The largest absolute Gasteiger partial charge is 0.310 e. The summed E-state index contributed by atoms with van der Waals surface area (Å²) in [6.07, 6.45) is 6.84. The van der Waals surface area contributed by atoms with Crippen LogP contribution in [0.1, 0.15) is 61.8 Å². The fourth-order valence-electron chi connectivity index (χ4n) is 2.65. The highest BCUT2D eigenvalue weighted by Gasteiger charge is 2.23. The average Bonchev–Trinajstić information content (AvgIpc) is 3.18. The van der Waals surface area contributed by atoms with Crippen LogP contribution in [0.4, 0.5) is 0 Å². The van der Waals surface area contributed by atoms with Crippen LogP contribution in [0.15, 0.2) is 18.2 Å². The lowest BCUT2D eigenvalue weighted by molar-refractivity contribution is 0.468. The molecule has 100 valence electrons. The van der Waals surface area contributed by atoms with Crippen LogP contribution < -0.4 is 5.32 Å². The van der Waals surface area contributed by atoms with E-state index in [1.54, 1.807) is 0 Å². The molecule has 2 rings (SSSR count). The Bertz CT molecular complexity index is 379. The van der Waals surface area contributed by atoms with Crippen LogP contribution in [-0.4, -0.2) is 6.54 Å². The van der Waals surface area contributed by atoms with E-state index in [0.29, 0.717) is 6.04 Å². The van der Waals surface area contributed by atoms with Gasteiger partial charge < -0.3 is 5.32 Å². The zero-order valence-corrected chi connectivity index (χ0v) is 12.1. The summed E-state index contributed by atoms with van der Waals surface area (Å²) in [7, 11) is 0. The molecule has 1 saturated carbocycles. The lowest BCUT2D eigenvalue weighted by Crippen LogP contribution is -2.23. The Balaban J connectivity index is 2.06. The number of rotatable bonds is 7. The fourth-order valence-corrected chi connectivity index (χ4v) is 2.65. The summed E-state index contributed by atoms with van der Waals surface area (Å²) in [5.41, 5.74) is 4.41. The lowest BCUT2D eigenvalue weighted by atomic mass is 9.94. The van der Waals surface area contributed by atoms with Gasteiger partial charge in [0, 0.05) is 6.04 Å². The standard InChI is InChI=1S/C17H27N/c1-4-12-18-17(11-10-15-8-9-15)16-7-5-6-13(2)14(16)3/h5-7,15,17-18H,4,8-12H2,1-3H3. The topological polar surface area (TPSA) is 12.0 Å². The summed E-state index contributed by atoms with van der Waals surface area (Å²) in [5.74, 6) is 1.03. The number of hydrogen-bond acceptors (Lipinski definition) is 1. The van der Waals surface area contributed by atoms with Crippen LogP contribution in [0.2, 0.25) is 0 Å². The fraction of sp³-hybridized carbons (Fsp3) is 0.647. The van der Waals surface area contributed by atoms with Crippen molar-refractivity contribution in [2.75, 3.05) is 6.54 Å². The van der Waals surface area contributed by atoms with Crippen molar-refractivity contribution in [2.24, 2.45) is 5.92 Å². The van der Waals surface area contributed by atoms with Gasteiger partial charge >= 0.3 is 0 Å². The number of nitrogens with one attached hydrogen (secondary N) is 1. The minimum atomic E-state index is 0.561. The molecule has 1 aromatic carbocycles. The van der Waals surface area contributed by atoms with E-state index in [0.717, 1.165) is 12.5 Å². The second-order valence-corrected chi connectivity index (χ2v) is 5.82. The maximum Gasteiger partial charge on any atom is 0.0323 e. The van der Waals surface area contributed by atoms with E-state index < -0.39 is 0 Å². The molecule has 1 N–H and O–H groups in total. The molecule has 0 heterocycles. The highest BCUT2D eigenvalue weighted by atomic mass is 14.9. The van der Waals surface area contributed by atoms with Crippen molar-refractivity contribution in [3.8, 4) is 0 Å². The highest BCUT2D eigenvalue weighted by molar-refractivity contribution is 5.35. The van der Waals surface area contributed by atoms with E-state index in [-0.39, 0.29) is 0 Å². The Morgan fingerprint density at radius 2 is 2.06 bits per heavy atom. The van der Waals surface area contributed by atoms with E-state index in [1.165, 1.54) is 48.8 Å². The molecule has 1 aromatic rings. The maximum absolute atomic E-state index is 3.74. The molecule has 1 heteroatoms. The molecule has 0 saturated heterocycles. The maximum atomic E-state index is 3.74. The summed E-state index contributed by atoms with van der Waals surface area (Å²) in [6, 6.07) is 7.29. The van der Waals surface area contributed by atoms with Gasteiger partial charge in [0.1, 0.15) is 0 Å². The Labute approximate surface area is 112 Å². The molecule has 1 fully saturated rings. The Hall–Kier alpha value is -0.820. The van der Waals surface area contributed by atoms with Crippen LogP contribution in [0, 0.1) is 19.8 Å². The van der Waals surface area contributed by atoms with Gasteiger partial charge in [-0.3, -0.25) is 0 Å². The lowest BCUT2D eigenvalue weighted by Gasteiger charge is -2.22. The van der Waals surface area contributed by atoms with Gasteiger partial charge in [0.15, 0.2) is 0 Å². The minimum Gasteiger partial charge on any atom is -0.310 e. The van der Waals surface area contributed by atoms with Crippen molar-refractivity contribution in [3.05, 3.63) is 34.9 Å². The second kappa shape index (κ2) is 6.38. The first-order chi connectivity index (χ1) is 8.72. The first-order valence-electron chi connectivity index (χ1n) is 7.52. The van der Waals surface area contributed by atoms with Crippen LogP contribution >= 0.6 is 0 Å². The van der Waals surface area contributed by atoms with Crippen LogP contribution in [0.25, 0.3) is 0 Å². The number of hydrogen-bond donors (Lipinski definition) is 1. The molecule has 1 aliphatic rings. The molecule has 1 aliphatic carbocycles. The van der Waals surface area contributed by atoms with Crippen LogP contribution in [-0.2, 0) is 0 Å². The zero-order chi connectivity index (χ0) is 13.0. The Morgan fingerprint density at radius 3 is 2.72 bits per heavy atom. The van der Waals surface area contributed by atoms with Crippen molar-refractivity contribution >= 4 is 0 Å². The van der Waals surface area contributed by atoms with Gasteiger partial charge in [0.25, 0.3) is 0 Å². The van der Waals surface area contributed by atoms with Gasteiger partial charge in [0.05, 0.1) is 0 Å². The Morgan fingerprint density at radius 1 is 1.28 bits per heavy atom. The normalized spacial score (nSPS) is 16.8. The molecule has 0 aromatic heterocycles. The molecule has 0 bridgehead atoms. The molecular weight excluding hydrogens is 218 g/mol. The van der Waals surface area contributed by atoms with Gasteiger partial charge in [-0.05, 0) is 62.3 Å². The third kappa shape index (κ3) is 3.58. The van der Waals surface area contributed by atoms with Gasteiger partial charge in [-0.25, -0.2) is 0 Å². The SMILES string of the molecule is CCCNC(CCC1CC1)c1cccc(C)c1C. The van der Waals surface area contributed by atoms with Crippen molar-refractivity contribution < 1.29 is 0 Å². The van der Waals surface area contributed by atoms with E-state index in [2.05, 4.69) is 44.3 Å². The first kappa shape index (κ1) is 13.6. The Kier molecular flexibility index (Phi) is 4.82. The monoisotopic (exact) mass is 245 g/mol. The molecule has 1 nitrogen and oxygen atoms in total. The van der Waals surface area contributed by atoms with Crippen molar-refractivity contribution in [1.82, 2.24) is 5.32 Å². The van der Waals surface area contributed by atoms with Gasteiger partial charge in [-0.1, -0.05) is 38.0 Å². The van der Waals surface area contributed by atoms with E-state index in [1.807, 2.05) is 0 Å². The van der Waals surface area contributed by atoms with Gasteiger partial charge in [0.2, 0.25) is 0 Å². The quantitative estimate of drug-likeness (QED) is 0.744. The summed E-state index contributed by atoms with van der Waals surface area (Å²) >= 11 is 0. The summed E-state index contributed by atoms with van der Waals surface area (Å²) < 4.78 is 0. The number of benzene rings is 1. The summed E-state index contributed by atoms with van der Waals surface area (Å²) in [5, 5.41) is 3.74. The molecule has 0 aliphatic heterocycles. The average molecular weight is 245 g/mol. The zero-order valence-electron chi connectivity index (χ0n) is 12.1. The van der Waals surface area contributed by atoms with E-state index in [9.17, 15) is 0 Å². The second-order valence-electron chi connectivity index (χ2n) is 5.82. The minimum absolute atomic E-state index is 0.561. The highest BCUT2D eigenvalue weighted by Crippen LogP contribution is 2.36. The molecule has 0 amide bonds. The van der Waals surface area contributed by atoms with Crippen molar-refractivity contribution in [2.45, 2.75) is 58.9 Å². The summed E-state index contributed by atoms with van der Waals surface area (Å²) in [6.45, 7) is 7.86. The third-order valence-corrected chi connectivity index (χ3v) is 4.22. The number of aryl methyl sites for hydroxylation is 1. The van der Waals surface area contributed by atoms with Gasteiger partial charge in [-0.15, -0.1) is 0 Å².